The van der Waals surface area contributed by atoms with Crippen molar-refractivity contribution in [3.63, 3.8) is 0 Å². The van der Waals surface area contributed by atoms with Crippen LogP contribution in [0.15, 0.2) is 41.2 Å². The lowest BCUT2D eigenvalue weighted by Gasteiger charge is -2.14. The maximum Gasteiger partial charge on any atom is 0.342 e. The molecule has 0 atom stereocenters. The van der Waals surface area contributed by atoms with Gasteiger partial charge in [-0.25, -0.2) is 9.59 Å². The highest BCUT2D eigenvalue weighted by atomic mass is 35.5. The van der Waals surface area contributed by atoms with Crippen LogP contribution in [0, 0.1) is 0 Å². The van der Waals surface area contributed by atoms with Crippen LogP contribution in [0.25, 0.3) is 22.3 Å². The van der Waals surface area contributed by atoms with Gasteiger partial charge in [-0.1, -0.05) is 29.3 Å². The van der Waals surface area contributed by atoms with Crippen molar-refractivity contribution in [1.82, 2.24) is 4.98 Å². The molecule has 0 bridgehead atoms. The molecule has 10 heteroatoms. The van der Waals surface area contributed by atoms with Crippen LogP contribution < -0.4 is 11.3 Å². The molecule has 0 radical (unpaired) electrons. The number of hydrogen-bond acceptors (Lipinski definition) is 5. The quantitative estimate of drug-likeness (QED) is 0.419. The van der Waals surface area contributed by atoms with E-state index in [9.17, 15) is 29.7 Å². The van der Waals surface area contributed by atoms with Crippen LogP contribution in [-0.4, -0.2) is 32.2 Å². The molecule has 0 saturated carbocycles. The first-order chi connectivity index (χ1) is 13.6. The SMILES string of the molecule is Nc1[nH]c(=O)c(C(=O)O)c(-c2ccc(-c3cc(Cl)cc(Cl)c3)cc2O)c1C(=O)O. The average molecular weight is 435 g/mol. The number of aromatic carboxylic acids is 2. The van der Waals surface area contributed by atoms with E-state index in [0.717, 1.165) is 0 Å². The van der Waals surface area contributed by atoms with Crippen molar-refractivity contribution in [2.75, 3.05) is 5.73 Å². The highest BCUT2D eigenvalue weighted by Gasteiger charge is 2.28. The molecule has 3 aromatic rings. The number of benzene rings is 2. The van der Waals surface area contributed by atoms with Crippen molar-refractivity contribution < 1.29 is 24.9 Å². The molecule has 0 aliphatic heterocycles. The summed E-state index contributed by atoms with van der Waals surface area (Å²) in [6.07, 6.45) is 0. The molecule has 8 nitrogen and oxygen atoms in total. The second-order valence-corrected chi connectivity index (χ2v) is 6.87. The Kier molecular flexibility index (Phi) is 5.23. The number of aromatic amines is 1. The molecule has 0 aliphatic rings. The number of H-pyrrole nitrogens is 1. The van der Waals surface area contributed by atoms with Gasteiger partial charge in [-0.05, 0) is 41.5 Å². The number of phenols is 1. The second kappa shape index (κ2) is 7.50. The van der Waals surface area contributed by atoms with Gasteiger partial charge in [0.15, 0.2) is 0 Å². The maximum atomic E-state index is 12.1. The Morgan fingerprint density at radius 3 is 2.00 bits per heavy atom. The standard InChI is InChI=1S/C19H12Cl2N2O6/c20-9-3-8(4-10(21)6-9)7-1-2-11(12(24)5-7)13-14(18(26)27)16(22)23-17(25)15(13)19(28)29/h1-6,24H,(H,26,27)(H,28,29)(H3,22,23,25). The number of aromatic nitrogens is 1. The number of hydrogen-bond donors (Lipinski definition) is 5. The Bertz CT molecular complexity index is 1220. The Balaban J connectivity index is 2.31. The number of halogens is 2. The molecular weight excluding hydrogens is 423 g/mol. The van der Waals surface area contributed by atoms with Crippen LogP contribution in [0.3, 0.4) is 0 Å². The molecule has 0 aliphatic carbocycles. The number of anilines is 1. The molecule has 1 heterocycles. The Morgan fingerprint density at radius 2 is 1.48 bits per heavy atom. The summed E-state index contributed by atoms with van der Waals surface area (Å²) in [5.41, 5.74) is 3.35. The number of carboxylic acids is 2. The zero-order valence-corrected chi connectivity index (χ0v) is 15.9. The predicted octanol–water partition coefficient (Wildman–Crippen LogP) is 3.70. The number of pyridine rings is 1. The van der Waals surface area contributed by atoms with Gasteiger partial charge in [-0.15, -0.1) is 0 Å². The van der Waals surface area contributed by atoms with Crippen LogP contribution in [0.2, 0.25) is 10.0 Å². The molecule has 3 rings (SSSR count). The lowest BCUT2D eigenvalue weighted by Crippen LogP contribution is -2.24. The number of aromatic hydroxyl groups is 1. The van der Waals surface area contributed by atoms with Gasteiger partial charge in [0.25, 0.3) is 5.56 Å². The van der Waals surface area contributed by atoms with Gasteiger partial charge in [-0.2, -0.15) is 0 Å². The fourth-order valence-corrected chi connectivity index (χ4v) is 3.49. The van der Waals surface area contributed by atoms with E-state index in [0.29, 0.717) is 21.2 Å². The van der Waals surface area contributed by atoms with E-state index in [1.54, 1.807) is 12.1 Å². The minimum atomic E-state index is -1.67. The van der Waals surface area contributed by atoms with Crippen molar-refractivity contribution in [2.45, 2.75) is 0 Å². The van der Waals surface area contributed by atoms with Gasteiger partial charge in [0, 0.05) is 21.2 Å². The van der Waals surface area contributed by atoms with Crippen molar-refractivity contribution in [3.05, 3.63) is 67.9 Å². The minimum absolute atomic E-state index is 0.186. The van der Waals surface area contributed by atoms with Gasteiger partial charge in [0.05, 0.1) is 0 Å². The predicted molar refractivity (Wildman–Crippen MR) is 108 cm³/mol. The van der Waals surface area contributed by atoms with E-state index in [2.05, 4.69) is 0 Å². The molecule has 1 aromatic heterocycles. The third-order valence-electron chi connectivity index (χ3n) is 4.14. The third-order valence-corrected chi connectivity index (χ3v) is 4.57. The van der Waals surface area contributed by atoms with E-state index in [1.165, 1.54) is 24.3 Å². The molecule has 0 unspecified atom stereocenters. The van der Waals surface area contributed by atoms with Gasteiger partial charge in [-0.3, -0.25) is 4.79 Å². The number of rotatable bonds is 4. The summed E-state index contributed by atoms with van der Waals surface area (Å²) in [4.78, 5) is 37.4. The summed E-state index contributed by atoms with van der Waals surface area (Å²) < 4.78 is 0. The summed E-state index contributed by atoms with van der Waals surface area (Å²) in [6.45, 7) is 0. The lowest BCUT2D eigenvalue weighted by molar-refractivity contribution is 0.0695. The Morgan fingerprint density at radius 1 is 0.897 bits per heavy atom. The van der Waals surface area contributed by atoms with Crippen LogP contribution in [-0.2, 0) is 0 Å². The van der Waals surface area contributed by atoms with E-state index in [4.69, 9.17) is 28.9 Å². The van der Waals surface area contributed by atoms with Crippen molar-refractivity contribution in [2.24, 2.45) is 0 Å². The smallest absolute Gasteiger partial charge is 0.342 e. The van der Waals surface area contributed by atoms with E-state index in [-0.39, 0.29) is 5.56 Å². The van der Waals surface area contributed by atoms with Crippen molar-refractivity contribution in [1.29, 1.82) is 0 Å². The first kappa shape index (κ1) is 20.2. The zero-order valence-electron chi connectivity index (χ0n) is 14.4. The monoisotopic (exact) mass is 434 g/mol. The van der Waals surface area contributed by atoms with Crippen molar-refractivity contribution >= 4 is 41.0 Å². The number of phenolic OH excluding ortho intramolecular Hbond substituents is 1. The highest BCUT2D eigenvalue weighted by Crippen LogP contribution is 2.38. The number of nitrogens with one attached hydrogen (secondary N) is 1. The summed E-state index contributed by atoms with van der Waals surface area (Å²) in [7, 11) is 0. The largest absolute Gasteiger partial charge is 0.507 e. The summed E-state index contributed by atoms with van der Waals surface area (Å²) in [5, 5.41) is 30.2. The average Bonchev–Trinajstić information content (AvgIpc) is 2.59. The first-order valence-electron chi connectivity index (χ1n) is 7.92. The molecule has 6 N–H and O–H groups in total. The van der Waals surface area contributed by atoms with Crippen LogP contribution in [0.5, 0.6) is 5.75 Å². The lowest BCUT2D eigenvalue weighted by atomic mass is 9.93. The summed E-state index contributed by atoms with van der Waals surface area (Å²) in [5.74, 6) is -4.24. The number of carbonyl (C=O) groups is 2. The molecule has 0 amide bonds. The first-order valence-corrected chi connectivity index (χ1v) is 8.68. The topological polar surface area (TPSA) is 154 Å². The van der Waals surface area contributed by atoms with Gasteiger partial charge < -0.3 is 26.0 Å². The Hall–Kier alpha value is -3.49. The summed E-state index contributed by atoms with van der Waals surface area (Å²) >= 11 is 12.0. The molecule has 0 saturated heterocycles. The number of carboxylic acid groups (broad SMARTS) is 2. The molecule has 0 spiro atoms. The second-order valence-electron chi connectivity index (χ2n) is 5.99. The van der Waals surface area contributed by atoms with Crippen LogP contribution in [0.1, 0.15) is 20.7 Å². The van der Waals surface area contributed by atoms with E-state index >= 15 is 0 Å². The normalized spacial score (nSPS) is 10.7. The number of nitrogens with two attached hydrogens (primary N) is 1. The minimum Gasteiger partial charge on any atom is -0.507 e. The fourth-order valence-electron chi connectivity index (χ4n) is 2.96. The molecule has 29 heavy (non-hydrogen) atoms. The maximum absolute atomic E-state index is 12.1. The van der Waals surface area contributed by atoms with Gasteiger partial charge in [0.1, 0.15) is 22.7 Å². The third kappa shape index (κ3) is 3.75. The zero-order chi connectivity index (χ0) is 21.5. The summed E-state index contributed by atoms with van der Waals surface area (Å²) in [6, 6.07) is 8.76. The van der Waals surface area contributed by atoms with Crippen LogP contribution in [0.4, 0.5) is 5.82 Å². The molecule has 0 fully saturated rings. The van der Waals surface area contributed by atoms with E-state index in [1.807, 2.05) is 4.98 Å². The Labute approximate surface area is 172 Å². The van der Waals surface area contributed by atoms with Gasteiger partial charge in [0.2, 0.25) is 0 Å². The molecule has 148 valence electrons. The van der Waals surface area contributed by atoms with Crippen LogP contribution >= 0.6 is 23.2 Å². The molecule has 2 aromatic carbocycles. The molecular formula is C19H12Cl2N2O6. The fraction of sp³-hybridized carbons (Fsp3) is 0. The van der Waals surface area contributed by atoms with Crippen molar-refractivity contribution in [3.8, 4) is 28.0 Å². The number of nitrogen functional groups attached to an aromatic ring is 1. The highest BCUT2D eigenvalue weighted by molar-refractivity contribution is 6.35. The van der Waals surface area contributed by atoms with Gasteiger partial charge >= 0.3 is 11.9 Å². The van der Waals surface area contributed by atoms with E-state index < -0.39 is 45.8 Å².